The molecule has 21 heavy (non-hydrogen) atoms. The highest BCUT2D eigenvalue weighted by molar-refractivity contribution is 7.11. The van der Waals surface area contributed by atoms with Crippen molar-refractivity contribution in [2.75, 3.05) is 44.2 Å². The third-order valence-electron chi connectivity index (χ3n) is 4.17. The van der Waals surface area contributed by atoms with Gasteiger partial charge in [0.1, 0.15) is 5.00 Å². The zero-order chi connectivity index (χ0) is 14.5. The molecule has 5 heteroatoms. The molecule has 0 spiro atoms. The van der Waals surface area contributed by atoms with E-state index in [1.807, 2.05) is 0 Å². The van der Waals surface area contributed by atoms with Crippen LogP contribution in [0.1, 0.15) is 19.3 Å². The van der Waals surface area contributed by atoms with E-state index >= 15 is 0 Å². The van der Waals surface area contributed by atoms with E-state index in [9.17, 15) is 0 Å². The number of fused-ring (bicyclic) bond motifs is 1. The van der Waals surface area contributed by atoms with Crippen molar-refractivity contribution >= 4 is 27.4 Å². The van der Waals surface area contributed by atoms with Crippen molar-refractivity contribution in [1.29, 1.82) is 0 Å². The van der Waals surface area contributed by atoms with Gasteiger partial charge in [-0.2, -0.15) is 4.37 Å². The predicted molar refractivity (Wildman–Crippen MR) is 91.2 cm³/mol. The Bertz CT molecular complexity index is 568. The van der Waals surface area contributed by atoms with Gasteiger partial charge in [0.25, 0.3) is 0 Å². The number of anilines is 1. The largest absolute Gasteiger partial charge is 0.360 e. The van der Waals surface area contributed by atoms with E-state index in [1.54, 1.807) is 11.5 Å². The van der Waals surface area contributed by atoms with Crippen LogP contribution < -0.4 is 10.6 Å². The van der Waals surface area contributed by atoms with Gasteiger partial charge in [-0.1, -0.05) is 12.1 Å². The van der Waals surface area contributed by atoms with Crippen LogP contribution in [0, 0.1) is 0 Å². The monoisotopic (exact) mass is 304 g/mol. The highest BCUT2D eigenvalue weighted by atomic mass is 32.1. The van der Waals surface area contributed by atoms with Crippen LogP contribution in [0.15, 0.2) is 24.3 Å². The summed E-state index contributed by atoms with van der Waals surface area (Å²) < 4.78 is 4.58. The molecule has 114 valence electrons. The lowest BCUT2D eigenvalue weighted by Crippen LogP contribution is -2.31. The first-order valence-electron chi connectivity index (χ1n) is 7.90. The third kappa shape index (κ3) is 3.54. The second-order valence-electron chi connectivity index (χ2n) is 5.68. The van der Waals surface area contributed by atoms with Crippen molar-refractivity contribution in [3.63, 3.8) is 0 Å². The van der Waals surface area contributed by atoms with Crippen molar-refractivity contribution < 1.29 is 0 Å². The zero-order valence-electron chi connectivity index (χ0n) is 12.5. The molecule has 0 amide bonds. The van der Waals surface area contributed by atoms with E-state index in [1.165, 1.54) is 36.3 Å². The van der Waals surface area contributed by atoms with E-state index < -0.39 is 0 Å². The molecule has 0 unspecified atom stereocenters. The number of nitrogens with two attached hydrogens (primary N) is 1. The molecule has 1 aliphatic rings. The summed E-state index contributed by atoms with van der Waals surface area (Å²) >= 11 is 1.64. The molecular formula is C16H24N4S. The van der Waals surface area contributed by atoms with Gasteiger partial charge in [0.15, 0.2) is 0 Å². The number of benzene rings is 1. The number of hydrogen-bond donors (Lipinski definition) is 1. The average molecular weight is 304 g/mol. The molecule has 0 saturated carbocycles. The summed E-state index contributed by atoms with van der Waals surface area (Å²) in [7, 11) is 0. The van der Waals surface area contributed by atoms with Crippen LogP contribution in [-0.2, 0) is 0 Å². The lowest BCUT2D eigenvalue weighted by atomic mass is 10.2. The number of hydrogen-bond acceptors (Lipinski definition) is 5. The minimum absolute atomic E-state index is 0.812. The second-order valence-corrected chi connectivity index (χ2v) is 6.43. The van der Waals surface area contributed by atoms with Crippen molar-refractivity contribution in [1.82, 2.24) is 9.27 Å². The van der Waals surface area contributed by atoms with Crippen molar-refractivity contribution in [3.8, 4) is 0 Å². The fourth-order valence-electron chi connectivity index (χ4n) is 2.98. The molecule has 0 bridgehead atoms. The topological polar surface area (TPSA) is 45.4 Å². The maximum atomic E-state index is 5.58. The molecular weight excluding hydrogens is 280 g/mol. The molecule has 3 rings (SSSR count). The third-order valence-corrected chi connectivity index (χ3v) is 5.11. The van der Waals surface area contributed by atoms with Gasteiger partial charge in [-0.05, 0) is 62.6 Å². The molecule has 2 heterocycles. The molecule has 4 nitrogen and oxygen atoms in total. The lowest BCUT2D eigenvalue weighted by Gasteiger charge is -2.22. The molecule has 2 N–H and O–H groups in total. The molecule has 1 aromatic carbocycles. The molecule has 1 aliphatic heterocycles. The Hall–Kier alpha value is -1.17. The van der Waals surface area contributed by atoms with Gasteiger partial charge in [-0.15, -0.1) is 0 Å². The normalized spacial score (nSPS) is 17.3. The van der Waals surface area contributed by atoms with E-state index in [-0.39, 0.29) is 0 Å². The number of aromatic nitrogens is 1. The Morgan fingerprint density at radius 1 is 1.10 bits per heavy atom. The average Bonchev–Trinajstić information content (AvgIpc) is 2.80. The van der Waals surface area contributed by atoms with Gasteiger partial charge >= 0.3 is 0 Å². The molecule has 0 aliphatic carbocycles. The fourth-order valence-corrected chi connectivity index (χ4v) is 3.89. The smallest absolute Gasteiger partial charge is 0.120 e. The second kappa shape index (κ2) is 7.20. The molecule has 2 aromatic rings. The van der Waals surface area contributed by atoms with Gasteiger partial charge in [0.05, 0.1) is 5.52 Å². The standard InChI is InChI=1S/C16H24N4S/c17-8-3-4-9-19-10-5-11-20(13-12-19)16-14-6-1-2-7-15(14)18-21-16/h1-2,6-7H,3-5,8-13,17H2. The number of nitrogens with zero attached hydrogens (tertiary/aromatic N) is 3. The predicted octanol–water partition coefficient (Wildman–Crippen LogP) is 2.55. The Morgan fingerprint density at radius 3 is 2.90 bits per heavy atom. The Morgan fingerprint density at radius 2 is 2.00 bits per heavy atom. The summed E-state index contributed by atoms with van der Waals surface area (Å²) in [6, 6.07) is 8.47. The molecule has 0 radical (unpaired) electrons. The Labute approximate surface area is 130 Å². The first-order chi connectivity index (χ1) is 10.4. The van der Waals surface area contributed by atoms with Gasteiger partial charge < -0.3 is 15.5 Å². The van der Waals surface area contributed by atoms with Crippen molar-refractivity contribution in [2.24, 2.45) is 5.73 Å². The van der Waals surface area contributed by atoms with Gasteiger partial charge in [-0.25, -0.2) is 0 Å². The first-order valence-corrected chi connectivity index (χ1v) is 8.67. The van der Waals surface area contributed by atoms with Crippen LogP contribution in [0.3, 0.4) is 0 Å². The van der Waals surface area contributed by atoms with E-state index in [0.717, 1.165) is 38.1 Å². The summed E-state index contributed by atoms with van der Waals surface area (Å²) in [5.41, 5.74) is 6.71. The van der Waals surface area contributed by atoms with E-state index in [2.05, 4.69) is 38.4 Å². The van der Waals surface area contributed by atoms with Crippen LogP contribution in [0.25, 0.3) is 10.9 Å². The van der Waals surface area contributed by atoms with E-state index in [0.29, 0.717) is 0 Å². The minimum atomic E-state index is 0.812. The van der Waals surface area contributed by atoms with Crippen molar-refractivity contribution in [3.05, 3.63) is 24.3 Å². The molecule has 1 fully saturated rings. The molecule has 1 saturated heterocycles. The summed E-state index contributed by atoms with van der Waals surface area (Å²) in [5.74, 6) is 0. The maximum absolute atomic E-state index is 5.58. The quantitative estimate of drug-likeness (QED) is 0.862. The maximum Gasteiger partial charge on any atom is 0.120 e. The minimum Gasteiger partial charge on any atom is -0.360 e. The van der Waals surface area contributed by atoms with Gasteiger partial charge in [-0.3, -0.25) is 0 Å². The molecule has 1 aromatic heterocycles. The summed E-state index contributed by atoms with van der Waals surface area (Å²) in [5, 5.41) is 2.65. The first kappa shape index (κ1) is 14.8. The van der Waals surface area contributed by atoms with E-state index in [4.69, 9.17) is 5.73 Å². The van der Waals surface area contributed by atoms with Gasteiger partial charge in [0.2, 0.25) is 0 Å². The summed E-state index contributed by atoms with van der Waals surface area (Å²) in [6.45, 7) is 6.60. The fraction of sp³-hybridized carbons (Fsp3) is 0.562. The summed E-state index contributed by atoms with van der Waals surface area (Å²) in [6.07, 6.45) is 3.59. The van der Waals surface area contributed by atoms with Crippen LogP contribution in [0.4, 0.5) is 5.00 Å². The van der Waals surface area contributed by atoms with Gasteiger partial charge in [0, 0.05) is 25.0 Å². The number of rotatable bonds is 5. The highest BCUT2D eigenvalue weighted by Crippen LogP contribution is 2.31. The lowest BCUT2D eigenvalue weighted by molar-refractivity contribution is 0.288. The number of unbranched alkanes of at least 4 members (excludes halogenated alkanes) is 1. The van der Waals surface area contributed by atoms with Crippen LogP contribution >= 0.6 is 11.5 Å². The Balaban J connectivity index is 1.65. The van der Waals surface area contributed by atoms with Crippen LogP contribution in [-0.4, -0.2) is 48.5 Å². The van der Waals surface area contributed by atoms with Crippen LogP contribution in [0.5, 0.6) is 0 Å². The zero-order valence-corrected chi connectivity index (χ0v) is 13.3. The molecule has 0 atom stereocenters. The Kier molecular flexibility index (Phi) is 5.06. The SMILES string of the molecule is NCCCCN1CCCN(c2snc3ccccc23)CC1. The summed E-state index contributed by atoms with van der Waals surface area (Å²) in [4.78, 5) is 5.10. The van der Waals surface area contributed by atoms with Crippen molar-refractivity contribution in [2.45, 2.75) is 19.3 Å². The highest BCUT2D eigenvalue weighted by Gasteiger charge is 2.18. The van der Waals surface area contributed by atoms with Crippen LogP contribution in [0.2, 0.25) is 0 Å².